The molecule has 2 N–H and O–H groups in total. The summed E-state index contributed by atoms with van der Waals surface area (Å²) in [6.45, 7) is 0. The van der Waals surface area contributed by atoms with Crippen LogP contribution in [0.2, 0.25) is 0 Å². The number of nitrogen functional groups attached to an aromatic ring is 1. The summed E-state index contributed by atoms with van der Waals surface area (Å²) in [5.41, 5.74) is 5.90. The van der Waals surface area contributed by atoms with Gasteiger partial charge in [-0.25, -0.2) is 0 Å². The Bertz CT molecular complexity index is 515. The number of rotatable bonds is 3. The van der Waals surface area contributed by atoms with Crippen LogP contribution in [0.1, 0.15) is 0 Å². The van der Waals surface area contributed by atoms with Crippen LogP contribution in [0.3, 0.4) is 0 Å². The Morgan fingerprint density at radius 1 is 1.35 bits per heavy atom. The van der Waals surface area contributed by atoms with Crippen LogP contribution in [-0.4, -0.2) is 12.3 Å². The first-order chi connectivity index (χ1) is 8.20. The number of azo groups is 1. The molecule has 1 heterocycles. The molecule has 0 atom stereocenters. The minimum atomic E-state index is -0.180. The van der Waals surface area contributed by atoms with E-state index in [9.17, 15) is 5.21 Å². The first-order valence-electron chi connectivity index (χ1n) is 4.61. The van der Waals surface area contributed by atoms with Crippen LogP contribution in [-0.2, 0) is 0 Å². The van der Waals surface area contributed by atoms with Crippen molar-refractivity contribution in [3.05, 3.63) is 29.5 Å². The molecule has 8 heteroatoms. The van der Waals surface area contributed by atoms with Gasteiger partial charge < -0.3 is 20.3 Å². The van der Waals surface area contributed by atoms with Gasteiger partial charge in [-0.3, -0.25) is 0 Å². The summed E-state index contributed by atoms with van der Waals surface area (Å²) in [4.78, 5) is 0.0857. The van der Waals surface area contributed by atoms with Gasteiger partial charge in [0.05, 0.1) is 7.11 Å². The Balaban J connectivity index is 2.20. The molecular formula is C9H9N5O3. The zero-order valence-corrected chi connectivity index (χ0v) is 8.90. The summed E-state index contributed by atoms with van der Waals surface area (Å²) < 4.78 is 9.22. The highest BCUT2D eigenvalue weighted by Gasteiger charge is 2.14. The highest BCUT2D eigenvalue weighted by atomic mass is 16.8. The summed E-state index contributed by atoms with van der Waals surface area (Å²) in [7, 11) is 1.56. The van der Waals surface area contributed by atoms with Crippen molar-refractivity contribution >= 4 is 17.3 Å². The molecule has 1 aromatic heterocycles. The van der Waals surface area contributed by atoms with Crippen molar-refractivity contribution in [1.82, 2.24) is 5.16 Å². The van der Waals surface area contributed by atoms with E-state index in [-0.39, 0.29) is 16.5 Å². The predicted octanol–water partition coefficient (Wildman–Crippen LogP) is 1.31. The highest BCUT2D eigenvalue weighted by Crippen LogP contribution is 2.21. The summed E-state index contributed by atoms with van der Waals surface area (Å²) in [5.74, 6) is 0.408. The average molecular weight is 235 g/mol. The molecule has 0 saturated heterocycles. The molecule has 0 radical (unpaired) electrons. The van der Waals surface area contributed by atoms with Crippen molar-refractivity contribution in [2.75, 3.05) is 12.8 Å². The molecule has 0 aliphatic carbocycles. The van der Waals surface area contributed by atoms with Crippen LogP contribution in [0.25, 0.3) is 0 Å². The summed E-state index contributed by atoms with van der Waals surface area (Å²) >= 11 is 0. The first kappa shape index (κ1) is 10.9. The van der Waals surface area contributed by atoms with Gasteiger partial charge in [0.15, 0.2) is 0 Å². The number of benzene rings is 1. The van der Waals surface area contributed by atoms with E-state index in [1.54, 1.807) is 31.4 Å². The smallest absolute Gasteiger partial charge is 0.384 e. The fourth-order valence-corrected chi connectivity index (χ4v) is 1.10. The Kier molecular flexibility index (Phi) is 2.86. The quantitative estimate of drug-likeness (QED) is 0.636. The number of anilines is 1. The number of methoxy groups -OCH3 is 1. The third kappa shape index (κ3) is 2.30. The van der Waals surface area contributed by atoms with E-state index < -0.39 is 0 Å². The molecule has 2 rings (SSSR count). The lowest BCUT2D eigenvalue weighted by Gasteiger charge is -1.96. The van der Waals surface area contributed by atoms with E-state index in [0.29, 0.717) is 11.4 Å². The van der Waals surface area contributed by atoms with Gasteiger partial charge in [-0.1, -0.05) is 10.0 Å². The summed E-state index contributed by atoms with van der Waals surface area (Å²) in [6.07, 6.45) is 0. The highest BCUT2D eigenvalue weighted by molar-refractivity contribution is 5.46. The standard InChI is InChI=1S/C9H9N5O3/c1-16-7-4-2-6(3-5-7)11-12-9-8(10)13-17-14(9)15/h2-5H,1H3,(H2,10,13). The van der Waals surface area contributed by atoms with Crippen LogP contribution in [0.5, 0.6) is 5.75 Å². The predicted molar refractivity (Wildman–Crippen MR) is 57.0 cm³/mol. The van der Waals surface area contributed by atoms with E-state index in [2.05, 4.69) is 20.0 Å². The first-order valence-corrected chi connectivity index (χ1v) is 4.61. The van der Waals surface area contributed by atoms with Gasteiger partial charge >= 0.3 is 11.6 Å². The molecule has 0 amide bonds. The van der Waals surface area contributed by atoms with Crippen molar-refractivity contribution in [1.29, 1.82) is 0 Å². The molecule has 0 spiro atoms. The summed E-state index contributed by atoms with van der Waals surface area (Å²) in [6, 6.07) is 6.80. The van der Waals surface area contributed by atoms with Gasteiger partial charge in [0.25, 0.3) is 0 Å². The average Bonchev–Trinajstić information content (AvgIpc) is 2.67. The van der Waals surface area contributed by atoms with Gasteiger partial charge in [-0.05, 0) is 29.4 Å². The van der Waals surface area contributed by atoms with Crippen molar-refractivity contribution in [2.45, 2.75) is 0 Å². The molecule has 0 saturated carbocycles. The minimum absolute atomic E-state index is 0.0857. The molecule has 88 valence electrons. The largest absolute Gasteiger partial charge is 0.497 e. The topological polar surface area (TPSA) is 113 Å². The van der Waals surface area contributed by atoms with E-state index >= 15 is 0 Å². The third-order valence-corrected chi connectivity index (χ3v) is 1.95. The van der Waals surface area contributed by atoms with Crippen LogP contribution in [0.15, 0.2) is 39.1 Å². The van der Waals surface area contributed by atoms with Crippen LogP contribution in [0, 0.1) is 5.21 Å². The molecular weight excluding hydrogens is 226 g/mol. The zero-order chi connectivity index (χ0) is 12.3. The number of hydrogen-bond acceptors (Lipinski definition) is 7. The van der Waals surface area contributed by atoms with E-state index in [1.807, 2.05) is 0 Å². The van der Waals surface area contributed by atoms with Crippen molar-refractivity contribution in [2.24, 2.45) is 10.2 Å². The monoisotopic (exact) mass is 235 g/mol. The number of nitrogens with zero attached hydrogens (tertiary/aromatic N) is 4. The second-order valence-electron chi connectivity index (χ2n) is 3.04. The Labute approximate surface area is 95.8 Å². The van der Waals surface area contributed by atoms with Gasteiger partial charge in [0.1, 0.15) is 11.4 Å². The van der Waals surface area contributed by atoms with E-state index in [4.69, 9.17) is 10.5 Å². The normalized spacial score (nSPS) is 10.9. The van der Waals surface area contributed by atoms with Crippen LogP contribution < -0.4 is 15.4 Å². The fraction of sp³-hybridized carbons (Fsp3) is 0.111. The second kappa shape index (κ2) is 4.47. The molecule has 17 heavy (non-hydrogen) atoms. The lowest BCUT2D eigenvalue weighted by molar-refractivity contribution is -0.792. The number of ether oxygens (including phenoxy) is 1. The van der Waals surface area contributed by atoms with E-state index in [1.165, 1.54) is 0 Å². The zero-order valence-electron chi connectivity index (χ0n) is 8.90. The van der Waals surface area contributed by atoms with E-state index in [0.717, 1.165) is 0 Å². The van der Waals surface area contributed by atoms with Crippen molar-refractivity contribution in [3.63, 3.8) is 0 Å². The Morgan fingerprint density at radius 3 is 2.59 bits per heavy atom. The van der Waals surface area contributed by atoms with Crippen molar-refractivity contribution in [3.8, 4) is 5.75 Å². The maximum atomic E-state index is 11.0. The second-order valence-corrected chi connectivity index (χ2v) is 3.04. The van der Waals surface area contributed by atoms with Gasteiger partial charge in [-0.2, -0.15) is 0 Å². The maximum absolute atomic E-state index is 11.0. The lowest BCUT2D eigenvalue weighted by Crippen LogP contribution is -2.22. The molecule has 0 fully saturated rings. The van der Waals surface area contributed by atoms with Gasteiger partial charge in [0, 0.05) is 5.11 Å². The van der Waals surface area contributed by atoms with Crippen LogP contribution in [0.4, 0.5) is 17.3 Å². The Hall–Kier alpha value is -2.64. The molecule has 0 bridgehead atoms. The summed E-state index contributed by atoms with van der Waals surface area (Å²) in [5, 5.41) is 21.7. The number of aromatic nitrogens is 2. The fourth-order valence-electron chi connectivity index (χ4n) is 1.10. The molecule has 0 aliphatic heterocycles. The molecule has 1 aromatic carbocycles. The SMILES string of the molecule is COc1ccc(N=Nc2c(N)no[n+]2[O-])cc1. The van der Waals surface area contributed by atoms with Gasteiger partial charge in [-0.15, -0.1) is 0 Å². The Morgan fingerprint density at radius 2 is 2.06 bits per heavy atom. The van der Waals surface area contributed by atoms with Crippen LogP contribution >= 0.6 is 0 Å². The molecule has 8 nitrogen and oxygen atoms in total. The minimum Gasteiger partial charge on any atom is -0.497 e. The van der Waals surface area contributed by atoms with Crippen molar-refractivity contribution < 1.29 is 14.3 Å². The number of hydrogen-bond donors (Lipinski definition) is 1. The molecule has 0 unspecified atom stereocenters. The lowest BCUT2D eigenvalue weighted by atomic mass is 10.3. The molecule has 0 aliphatic rings. The third-order valence-electron chi connectivity index (χ3n) is 1.95. The van der Waals surface area contributed by atoms with Gasteiger partial charge in [0.2, 0.25) is 0 Å². The molecule has 2 aromatic rings. The number of nitrogens with two attached hydrogens (primary N) is 1. The maximum Gasteiger partial charge on any atom is 0.384 e.